The fourth-order valence-electron chi connectivity index (χ4n) is 3.44. The SMILES string of the molecule is CCCCCCCCOC(=O)C(CCCCCCBr)C(=O)OCCCCCCCC. The van der Waals surface area contributed by atoms with Gasteiger partial charge in [-0.3, -0.25) is 9.59 Å². The van der Waals surface area contributed by atoms with Crippen LogP contribution in [0.1, 0.15) is 123 Å². The molecule has 0 bridgehead atoms. The van der Waals surface area contributed by atoms with Crippen LogP contribution in [0.25, 0.3) is 0 Å². The molecule has 0 heterocycles. The number of halogens is 1. The molecule has 0 fully saturated rings. The lowest BCUT2D eigenvalue weighted by molar-refractivity contribution is -0.162. The second-order valence-corrected chi connectivity index (χ2v) is 9.11. The van der Waals surface area contributed by atoms with Gasteiger partial charge in [-0.1, -0.05) is 113 Å². The van der Waals surface area contributed by atoms with E-state index in [1.165, 1.54) is 51.4 Å². The Morgan fingerprint density at radius 2 is 1.00 bits per heavy atom. The van der Waals surface area contributed by atoms with Crippen LogP contribution in [0.2, 0.25) is 0 Å². The maximum absolute atomic E-state index is 12.5. The van der Waals surface area contributed by atoms with Gasteiger partial charge < -0.3 is 9.47 Å². The molecule has 0 aliphatic rings. The van der Waals surface area contributed by atoms with Gasteiger partial charge in [-0.25, -0.2) is 0 Å². The molecule has 0 aromatic carbocycles. The maximum atomic E-state index is 12.5. The molecule has 0 saturated heterocycles. The minimum Gasteiger partial charge on any atom is -0.465 e. The Labute approximate surface area is 194 Å². The topological polar surface area (TPSA) is 52.6 Å². The molecule has 0 amide bonds. The van der Waals surface area contributed by atoms with E-state index in [-0.39, 0.29) is 0 Å². The van der Waals surface area contributed by atoms with Gasteiger partial charge in [-0.2, -0.15) is 0 Å². The summed E-state index contributed by atoms with van der Waals surface area (Å²) in [5, 5.41) is 0.997. The third kappa shape index (κ3) is 18.2. The van der Waals surface area contributed by atoms with E-state index in [1.54, 1.807) is 0 Å². The summed E-state index contributed by atoms with van der Waals surface area (Å²) in [6.07, 6.45) is 18.4. The minimum atomic E-state index is -0.755. The van der Waals surface area contributed by atoms with Gasteiger partial charge in [-0.15, -0.1) is 0 Å². The number of carbonyl (C=O) groups is 2. The number of carbonyl (C=O) groups excluding carboxylic acids is 2. The third-order valence-corrected chi connectivity index (χ3v) is 5.99. The summed E-state index contributed by atoms with van der Waals surface area (Å²) in [6.45, 7) is 5.23. The van der Waals surface area contributed by atoms with Crippen LogP contribution in [0, 0.1) is 5.92 Å². The minimum absolute atomic E-state index is 0.392. The van der Waals surface area contributed by atoms with Crippen LogP contribution in [-0.2, 0) is 19.1 Å². The third-order valence-electron chi connectivity index (χ3n) is 5.43. The van der Waals surface area contributed by atoms with Gasteiger partial charge in [0.15, 0.2) is 5.92 Å². The van der Waals surface area contributed by atoms with Crippen molar-refractivity contribution in [3.8, 4) is 0 Å². The molecule has 0 N–H and O–H groups in total. The lowest BCUT2D eigenvalue weighted by Crippen LogP contribution is -2.28. The summed E-state index contributed by atoms with van der Waals surface area (Å²) in [4.78, 5) is 25.0. The quantitative estimate of drug-likeness (QED) is 0.0672. The number of ether oxygens (including phenoxy) is 2. The van der Waals surface area contributed by atoms with Crippen molar-refractivity contribution >= 4 is 27.9 Å². The smallest absolute Gasteiger partial charge is 0.320 e. The van der Waals surface area contributed by atoms with Gasteiger partial charge in [-0.05, 0) is 25.7 Å². The van der Waals surface area contributed by atoms with Gasteiger partial charge in [0, 0.05) is 5.33 Å². The molecule has 0 aromatic rings. The maximum Gasteiger partial charge on any atom is 0.320 e. The van der Waals surface area contributed by atoms with Crippen molar-refractivity contribution in [3.63, 3.8) is 0 Å². The zero-order chi connectivity index (χ0) is 22.3. The molecule has 5 heteroatoms. The second kappa shape index (κ2) is 23.1. The van der Waals surface area contributed by atoms with Crippen molar-refractivity contribution in [1.82, 2.24) is 0 Å². The highest BCUT2D eigenvalue weighted by Gasteiger charge is 2.29. The molecular weight excluding hydrogens is 444 g/mol. The summed E-state index contributed by atoms with van der Waals surface area (Å²) in [5.74, 6) is -1.54. The van der Waals surface area contributed by atoms with Crippen LogP contribution >= 0.6 is 15.9 Å². The van der Waals surface area contributed by atoms with Crippen molar-refractivity contribution in [2.45, 2.75) is 123 Å². The predicted octanol–water partition coefficient (Wildman–Crippen LogP) is 7.76. The summed E-state index contributed by atoms with van der Waals surface area (Å²) >= 11 is 3.44. The van der Waals surface area contributed by atoms with Gasteiger partial charge in [0.25, 0.3) is 0 Å². The standard InChI is InChI=1S/C25H47BrO4/c1-3-5-7-9-13-17-21-29-24(27)23(19-15-11-12-16-20-26)25(28)30-22-18-14-10-8-6-4-2/h23H,3-22H2,1-2H3. The normalized spacial score (nSPS) is 11.1. The number of unbranched alkanes of at least 4 members (excludes halogenated alkanes) is 13. The van der Waals surface area contributed by atoms with E-state index < -0.39 is 17.9 Å². The average molecular weight is 492 g/mol. The van der Waals surface area contributed by atoms with Crippen LogP contribution in [0.3, 0.4) is 0 Å². The number of alkyl halides is 1. The summed E-state index contributed by atoms with van der Waals surface area (Å²) < 4.78 is 10.9. The molecule has 0 saturated carbocycles. The number of esters is 2. The van der Waals surface area contributed by atoms with Gasteiger partial charge in [0.1, 0.15) is 0 Å². The molecule has 4 nitrogen and oxygen atoms in total. The zero-order valence-electron chi connectivity index (χ0n) is 19.7. The van der Waals surface area contributed by atoms with Crippen LogP contribution in [0.15, 0.2) is 0 Å². The first-order valence-corrected chi connectivity index (χ1v) is 13.7. The highest BCUT2D eigenvalue weighted by molar-refractivity contribution is 9.09. The summed E-state index contributed by atoms with van der Waals surface area (Å²) in [5.41, 5.74) is 0. The van der Waals surface area contributed by atoms with Crippen molar-refractivity contribution in [1.29, 1.82) is 0 Å². The molecular formula is C25H47BrO4. The molecule has 0 aliphatic heterocycles. The van der Waals surface area contributed by atoms with E-state index >= 15 is 0 Å². The molecule has 0 unspecified atom stereocenters. The fraction of sp³-hybridized carbons (Fsp3) is 0.920. The largest absolute Gasteiger partial charge is 0.465 e. The Bertz CT molecular complexity index is 371. The number of rotatable bonds is 22. The molecule has 30 heavy (non-hydrogen) atoms. The Balaban J connectivity index is 4.23. The zero-order valence-corrected chi connectivity index (χ0v) is 21.3. The van der Waals surface area contributed by atoms with E-state index in [0.717, 1.165) is 56.7 Å². The second-order valence-electron chi connectivity index (χ2n) is 8.31. The molecule has 0 radical (unpaired) electrons. The van der Waals surface area contributed by atoms with Gasteiger partial charge in [0.2, 0.25) is 0 Å². The summed E-state index contributed by atoms with van der Waals surface area (Å²) in [6, 6.07) is 0. The van der Waals surface area contributed by atoms with Crippen molar-refractivity contribution in [2.24, 2.45) is 5.92 Å². The van der Waals surface area contributed by atoms with E-state index in [1.807, 2.05) is 0 Å². The highest BCUT2D eigenvalue weighted by Crippen LogP contribution is 2.16. The average Bonchev–Trinajstić information content (AvgIpc) is 2.74. The Morgan fingerprint density at radius 1 is 0.600 bits per heavy atom. The number of hydrogen-bond acceptors (Lipinski definition) is 4. The molecule has 178 valence electrons. The lowest BCUT2D eigenvalue weighted by Gasteiger charge is -2.15. The first kappa shape index (κ1) is 29.4. The van der Waals surface area contributed by atoms with E-state index in [4.69, 9.17) is 9.47 Å². The molecule has 0 spiro atoms. The highest BCUT2D eigenvalue weighted by atomic mass is 79.9. The van der Waals surface area contributed by atoms with Crippen molar-refractivity contribution in [3.05, 3.63) is 0 Å². The molecule has 0 aliphatic carbocycles. The first-order valence-electron chi connectivity index (χ1n) is 12.6. The van der Waals surface area contributed by atoms with E-state index in [2.05, 4.69) is 29.8 Å². The monoisotopic (exact) mass is 490 g/mol. The van der Waals surface area contributed by atoms with E-state index in [0.29, 0.717) is 19.6 Å². The molecule has 0 rings (SSSR count). The van der Waals surface area contributed by atoms with Crippen LogP contribution in [0.5, 0.6) is 0 Å². The van der Waals surface area contributed by atoms with E-state index in [9.17, 15) is 9.59 Å². The Morgan fingerprint density at radius 3 is 1.47 bits per heavy atom. The van der Waals surface area contributed by atoms with Gasteiger partial charge >= 0.3 is 11.9 Å². The first-order chi connectivity index (χ1) is 14.7. The van der Waals surface area contributed by atoms with Crippen LogP contribution < -0.4 is 0 Å². The van der Waals surface area contributed by atoms with Gasteiger partial charge in [0.05, 0.1) is 13.2 Å². The Kier molecular flexibility index (Phi) is 22.6. The van der Waals surface area contributed by atoms with Crippen molar-refractivity contribution < 1.29 is 19.1 Å². The van der Waals surface area contributed by atoms with Crippen LogP contribution in [-0.4, -0.2) is 30.5 Å². The molecule has 0 aromatic heterocycles. The predicted molar refractivity (Wildman–Crippen MR) is 129 cm³/mol. The number of hydrogen-bond donors (Lipinski definition) is 0. The molecule has 0 atom stereocenters. The fourth-order valence-corrected chi connectivity index (χ4v) is 3.84. The van der Waals surface area contributed by atoms with Crippen molar-refractivity contribution in [2.75, 3.05) is 18.5 Å². The Hall–Kier alpha value is -0.580. The summed E-state index contributed by atoms with van der Waals surface area (Å²) in [7, 11) is 0. The lowest BCUT2D eigenvalue weighted by atomic mass is 10.0. The van der Waals surface area contributed by atoms with Crippen LogP contribution in [0.4, 0.5) is 0 Å².